The van der Waals surface area contributed by atoms with Gasteiger partial charge in [-0.15, -0.1) is 11.8 Å². The lowest BCUT2D eigenvalue weighted by atomic mass is 10.1. The van der Waals surface area contributed by atoms with Crippen molar-refractivity contribution in [2.45, 2.75) is 49.9 Å². The van der Waals surface area contributed by atoms with Gasteiger partial charge in [0.1, 0.15) is 0 Å². The van der Waals surface area contributed by atoms with Crippen molar-refractivity contribution in [2.24, 2.45) is 0 Å². The zero-order chi connectivity index (χ0) is 15.3. The summed E-state index contributed by atoms with van der Waals surface area (Å²) in [5.74, 6) is 0.147. The molecule has 112 valence electrons. The molecule has 0 aromatic heterocycles. The van der Waals surface area contributed by atoms with Gasteiger partial charge in [-0.1, -0.05) is 12.1 Å². The van der Waals surface area contributed by atoms with E-state index in [0.29, 0.717) is 0 Å². The predicted octanol–water partition coefficient (Wildman–Crippen LogP) is 3.14. The highest BCUT2D eigenvalue weighted by molar-refractivity contribution is 8.00. The average molecular weight is 294 g/mol. The molecule has 0 radical (unpaired) electrons. The first-order valence-electron chi connectivity index (χ1n) is 6.91. The number of carbonyl (C=O) groups is 1. The standard InChI is InChI=1S/C16H26N2OS/c1-12(15(19)18(5)6)20-14-9-7-13(8-10-14)11-17-16(2,3)4/h7-10,12,17H,11H2,1-6H3. The van der Waals surface area contributed by atoms with E-state index in [1.807, 2.05) is 6.92 Å². The Bertz CT molecular complexity index is 435. The highest BCUT2D eigenvalue weighted by Crippen LogP contribution is 2.24. The van der Waals surface area contributed by atoms with Crippen molar-refractivity contribution in [3.8, 4) is 0 Å². The van der Waals surface area contributed by atoms with Crippen LogP contribution in [0.25, 0.3) is 0 Å². The molecule has 0 aliphatic rings. The van der Waals surface area contributed by atoms with Gasteiger partial charge in [0.2, 0.25) is 5.91 Å². The van der Waals surface area contributed by atoms with Crippen LogP contribution in [0.4, 0.5) is 0 Å². The molecule has 1 aromatic carbocycles. The largest absolute Gasteiger partial charge is 0.348 e. The molecule has 0 bridgehead atoms. The number of nitrogens with zero attached hydrogens (tertiary/aromatic N) is 1. The molecule has 1 unspecified atom stereocenters. The van der Waals surface area contributed by atoms with Gasteiger partial charge in [0.15, 0.2) is 0 Å². The summed E-state index contributed by atoms with van der Waals surface area (Å²) in [6.45, 7) is 9.28. The molecule has 0 aliphatic heterocycles. The first-order chi connectivity index (χ1) is 9.19. The molecule has 20 heavy (non-hydrogen) atoms. The summed E-state index contributed by atoms with van der Waals surface area (Å²) in [7, 11) is 3.58. The minimum Gasteiger partial charge on any atom is -0.348 e. The van der Waals surface area contributed by atoms with Crippen molar-refractivity contribution in [2.75, 3.05) is 14.1 Å². The molecule has 1 atom stereocenters. The predicted molar refractivity (Wildman–Crippen MR) is 87.0 cm³/mol. The Hall–Kier alpha value is -1.00. The molecule has 0 saturated carbocycles. The second kappa shape index (κ2) is 7.14. The maximum Gasteiger partial charge on any atom is 0.235 e. The summed E-state index contributed by atoms with van der Waals surface area (Å²) in [4.78, 5) is 14.6. The van der Waals surface area contributed by atoms with Gasteiger partial charge < -0.3 is 10.2 Å². The van der Waals surface area contributed by atoms with Crippen LogP contribution in [0.3, 0.4) is 0 Å². The van der Waals surface area contributed by atoms with Gasteiger partial charge in [-0.25, -0.2) is 0 Å². The molecule has 3 nitrogen and oxygen atoms in total. The van der Waals surface area contributed by atoms with Crippen LogP contribution in [0.15, 0.2) is 29.2 Å². The number of carbonyl (C=O) groups excluding carboxylic acids is 1. The fourth-order valence-electron chi connectivity index (χ4n) is 1.67. The van der Waals surface area contributed by atoms with Crippen molar-refractivity contribution < 1.29 is 4.79 Å². The van der Waals surface area contributed by atoms with Crippen molar-refractivity contribution in [3.63, 3.8) is 0 Å². The van der Waals surface area contributed by atoms with Crippen LogP contribution in [-0.4, -0.2) is 35.7 Å². The Morgan fingerprint density at radius 2 is 1.80 bits per heavy atom. The van der Waals surface area contributed by atoms with E-state index >= 15 is 0 Å². The van der Waals surface area contributed by atoms with Crippen molar-refractivity contribution >= 4 is 17.7 Å². The quantitative estimate of drug-likeness (QED) is 0.847. The number of thioether (sulfide) groups is 1. The molecule has 1 N–H and O–H groups in total. The zero-order valence-electron chi connectivity index (χ0n) is 13.4. The second-order valence-corrected chi connectivity index (χ2v) is 7.65. The molecule has 1 amide bonds. The fraction of sp³-hybridized carbons (Fsp3) is 0.562. The van der Waals surface area contributed by atoms with Crippen LogP contribution in [0.1, 0.15) is 33.3 Å². The van der Waals surface area contributed by atoms with Crippen LogP contribution in [0.2, 0.25) is 0 Å². The summed E-state index contributed by atoms with van der Waals surface area (Å²) in [6, 6.07) is 8.41. The number of hydrogen-bond donors (Lipinski definition) is 1. The molecule has 0 spiro atoms. The molecule has 0 heterocycles. The molecule has 0 aliphatic carbocycles. The first-order valence-corrected chi connectivity index (χ1v) is 7.79. The number of rotatable bonds is 5. The Labute approximate surface area is 127 Å². The topological polar surface area (TPSA) is 32.3 Å². The number of nitrogens with one attached hydrogen (secondary N) is 1. The van der Waals surface area contributed by atoms with Gasteiger partial charge in [0, 0.05) is 31.1 Å². The van der Waals surface area contributed by atoms with Gasteiger partial charge in [-0.3, -0.25) is 4.79 Å². The van der Waals surface area contributed by atoms with Gasteiger partial charge in [0.05, 0.1) is 5.25 Å². The minimum atomic E-state index is -0.0523. The Balaban J connectivity index is 2.56. The summed E-state index contributed by atoms with van der Waals surface area (Å²) in [5, 5.41) is 3.41. The molecule has 1 rings (SSSR count). The third-order valence-corrected chi connectivity index (χ3v) is 3.95. The Kier molecular flexibility index (Phi) is 6.08. The van der Waals surface area contributed by atoms with Gasteiger partial charge in [-0.05, 0) is 45.4 Å². The van der Waals surface area contributed by atoms with E-state index in [1.54, 1.807) is 30.8 Å². The van der Waals surface area contributed by atoms with E-state index in [4.69, 9.17) is 0 Å². The third kappa shape index (κ3) is 5.97. The van der Waals surface area contributed by atoms with E-state index in [2.05, 4.69) is 50.4 Å². The van der Waals surface area contributed by atoms with E-state index in [-0.39, 0.29) is 16.7 Å². The number of benzene rings is 1. The van der Waals surface area contributed by atoms with Crippen LogP contribution in [-0.2, 0) is 11.3 Å². The third-order valence-electron chi connectivity index (χ3n) is 2.85. The summed E-state index contributed by atoms with van der Waals surface area (Å²) < 4.78 is 0. The van der Waals surface area contributed by atoms with Crippen molar-refractivity contribution in [1.29, 1.82) is 0 Å². The first kappa shape index (κ1) is 17.1. The van der Waals surface area contributed by atoms with E-state index < -0.39 is 0 Å². The summed E-state index contributed by atoms with van der Waals surface area (Å²) in [5.41, 5.74) is 1.39. The van der Waals surface area contributed by atoms with Crippen molar-refractivity contribution in [3.05, 3.63) is 29.8 Å². The number of hydrogen-bond acceptors (Lipinski definition) is 3. The maximum absolute atomic E-state index is 11.8. The second-order valence-electron chi connectivity index (χ2n) is 6.24. The summed E-state index contributed by atoms with van der Waals surface area (Å²) in [6.07, 6.45) is 0. The van der Waals surface area contributed by atoms with E-state index in [1.165, 1.54) is 5.56 Å². The van der Waals surface area contributed by atoms with Crippen molar-refractivity contribution in [1.82, 2.24) is 10.2 Å². The SMILES string of the molecule is CC(Sc1ccc(CNC(C)(C)C)cc1)C(=O)N(C)C. The average Bonchev–Trinajstić information content (AvgIpc) is 2.36. The Morgan fingerprint density at radius 3 is 2.25 bits per heavy atom. The molecular formula is C16H26N2OS. The fourth-order valence-corrected chi connectivity index (χ4v) is 2.68. The van der Waals surface area contributed by atoms with Crippen LogP contribution in [0.5, 0.6) is 0 Å². The van der Waals surface area contributed by atoms with E-state index in [9.17, 15) is 4.79 Å². The highest BCUT2D eigenvalue weighted by atomic mass is 32.2. The smallest absolute Gasteiger partial charge is 0.235 e. The van der Waals surface area contributed by atoms with Gasteiger partial charge >= 0.3 is 0 Å². The number of amides is 1. The Morgan fingerprint density at radius 1 is 1.25 bits per heavy atom. The molecule has 0 fully saturated rings. The normalized spacial score (nSPS) is 13.1. The van der Waals surface area contributed by atoms with Gasteiger partial charge in [0.25, 0.3) is 0 Å². The van der Waals surface area contributed by atoms with Crippen LogP contribution >= 0.6 is 11.8 Å². The monoisotopic (exact) mass is 294 g/mol. The lowest BCUT2D eigenvalue weighted by molar-refractivity contribution is -0.127. The molecule has 1 aromatic rings. The molecule has 0 saturated heterocycles. The van der Waals surface area contributed by atoms with E-state index in [0.717, 1.165) is 11.4 Å². The summed E-state index contributed by atoms with van der Waals surface area (Å²) >= 11 is 1.60. The molecular weight excluding hydrogens is 268 g/mol. The highest BCUT2D eigenvalue weighted by Gasteiger charge is 2.16. The zero-order valence-corrected chi connectivity index (χ0v) is 14.2. The molecule has 4 heteroatoms. The lowest BCUT2D eigenvalue weighted by Crippen LogP contribution is -2.35. The minimum absolute atomic E-state index is 0.0523. The van der Waals surface area contributed by atoms with Crippen LogP contribution in [0, 0.1) is 0 Å². The lowest BCUT2D eigenvalue weighted by Gasteiger charge is -2.20. The van der Waals surface area contributed by atoms with Crippen LogP contribution < -0.4 is 5.32 Å². The maximum atomic E-state index is 11.8. The van der Waals surface area contributed by atoms with Gasteiger partial charge in [-0.2, -0.15) is 0 Å².